The van der Waals surface area contributed by atoms with Crippen LogP contribution in [0.4, 0.5) is 0 Å². The lowest BCUT2D eigenvalue weighted by Gasteiger charge is -2.11. The van der Waals surface area contributed by atoms with Gasteiger partial charge in [-0.3, -0.25) is 0 Å². The second-order valence-corrected chi connectivity index (χ2v) is 6.25. The highest BCUT2D eigenvalue weighted by molar-refractivity contribution is 5.95. The first-order chi connectivity index (χ1) is 11.4. The fraction of sp³-hybridized carbons (Fsp3) is 0.0909. The zero-order valence-corrected chi connectivity index (χ0v) is 12.9. The Morgan fingerprint density at radius 2 is 1.48 bits per heavy atom. The van der Waals surface area contributed by atoms with Crippen molar-refractivity contribution in [1.29, 1.82) is 0 Å². The van der Waals surface area contributed by atoms with Crippen LogP contribution >= 0.6 is 0 Å². The third-order valence-electron chi connectivity index (χ3n) is 4.90. The van der Waals surface area contributed by atoms with Gasteiger partial charge in [-0.05, 0) is 22.8 Å². The van der Waals surface area contributed by atoms with E-state index in [0.29, 0.717) is 0 Å². The highest BCUT2D eigenvalue weighted by Crippen LogP contribution is 2.42. The van der Waals surface area contributed by atoms with E-state index in [4.69, 9.17) is 0 Å². The Morgan fingerprint density at radius 3 is 2.39 bits per heavy atom. The predicted molar refractivity (Wildman–Crippen MR) is 95.7 cm³/mol. The van der Waals surface area contributed by atoms with Gasteiger partial charge >= 0.3 is 0 Å². The molecule has 1 aliphatic rings. The molecule has 1 aliphatic carbocycles. The predicted octanol–water partition coefficient (Wildman–Crippen LogP) is 5.26. The van der Waals surface area contributed by atoms with E-state index in [1.165, 1.54) is 38.9 Å². The van der Waals surface area contributed by atoms with E-state index in [-0.39, 0.29) is 0 Å². The molecule has 0 saturated carbocycles. The Morgan fingerprint density at radius 1 is 0.739 bits per heavy atom. The maximum atomic E-state index is 2.49. The van der Waals surface area contributed by atoms with Crippen molar-refractivity contribution in [3.8, 4) is 11.3 Å². The van der Waals surface area contributed by atoms with Crippen molar-refractivity contribution in [2.24, 2.45) is 0 Å². The molecule has 0 saturated heterocycles. The Bertz CT molecular complexity index is 1010. The first-order valence-corrected chi connectivity index (χ1v) is 8.14. The molecule has 0 aliphatic heterocycles. The summed E-state index contributed by atoms with van der Waals surface area (Å²) >= 11 is 0. The lowest BCUT2D eigenvalue weighted by molar-refractivity contribution is 0.845. The van der Waals surface area contributed by atoms with E-state index < -0.39 is 0 Å². The van der Waals surface area contributed by atoms with Gasteiger partial charge in [-0.25, -0.2) is 0 Å². The molecule has 0 bridgehead atoms. The summed E-state index contributed by atoms with van der Waals surface area (Å²) in [4.78, 5) is 0. The normalized spacial score (nSPS) is 12.3. The van der Waals surface area contributed by atoms with Gasteiger partial charge in [-0.2, -0.15) is 0 Å². The molecule has 1 heteroatoms. The highest BCUT2D eigenvalue weighted by atomic mass is 15.0. The molecule has 0 atom stereocenters. The van der Waals surface area contributed by atoms with Crippen molar-refractivity contribution in [2.45, 2.75) is 13.0 Å². The van der Waals surface area contributed by atoms with E-state index >= 15 is 0 Å². The molecule has 0 unspecified atom stereocenters. The number of nitrogens with zero attached hydrogens (tertiary/aromatic N) is 1. The van der Waals surface area contributed by atoms with E-state index in [1.54, 1.807) is 0 Å². The van der Waals surface area contributed by atoms with Crippen LogP contribution in [0.15, 0.2) is 78.9 Å². The Hall–Kier alpha value is -2.80. The zero-order valence-electron chi connectivity index (χ0n) is 12.9. The average Bonchev–Trinajstić information content (AvgIpc) is 3.12. The van der Waals surface area contributed by atoms with E-state index in [1.807, 2.05) is 0 Å². The van der Waals surface area contributed by atoms with Crippen LogP contribution < -0.4 is 0 Å². The Kier molecular flexibility index (Phi) is 2.68. The lowest BCUT2D eigenvalue weighted by atomic mass is 10.1. The number of fused-ring (bicyclic) bond motifs is 5. The smallest absolute Gasteiger partial charge is 0.0533 e. The molecule has 1 aromatic heterocycles. The molecule has 4 aromatic rings. The summed E-state index contributed by atoms with van der Waals surface area (Å²) in [5.41, 5.74) is 8.43. The van der Waals surface area contributed by atoms with E-state index in [9.17, 15) is 0 Å². The molecule has 1 heterocycles. The van der Waals surface area contributed by atoms with Gasteiger partial charge in [0.1, 0.15) is 0 Å². The molecular formula is C22H17N. The minimum Gasteiger partial charge on any atom is -0.336 e. The lowest BCUT2D eigenvalue weighted by Crippen LogP contribution is -2.01. The number of rotatable bonds is 2. The molecule has 3 aromatic carbocycles. The fourth-order valence-electron chi connectivity index (χ4n) is 3.89. The van der Waals surface area contributed by atoms with Crippen molar-refractivity contribution in [1.82, 2.24) is 4.57 Å². The fourth-order valence-corrected chi connectivity index (χ4v) is 3.89. The maximum absolute atomic E-state index is 2.49. The third kappa shape index (κ3) is 1.86. The molecule has 5 rings (SSSR count). The van der Waals surface area contributed by atoms with Crippen molar-refractivity contribution >= 4 is 10.9 Å². The van der Waals surface area contributed by atoms with E-state index in [0.717, 1.165) is 13.0 Å². The highest BCUT2D eigenvalue weighted by Gasteiger charge is 2.25. The number of hydrogen-bond acceptors (Lipinski definition) is 0. The first-order valence-electron chi connectivity index (χ1n) is 8.14. The molecule has 0 amide bonds. The minimum atomic E-state index is 0.922. The summed E-state index contributed by atoms with van der Waals surface area (Å²) in [5, 5.41) is 1.40. The largest absolute Gasteiger partial charge is 0.336 e. The van der Waals surface area contributed by atoms with Gasteiger partial charge in [0.25, 0.3) is 0 Å². The molecule has 0 spiro atoms. The topological polar surface area (TPSA) is 4.93 Å². The maximum Gasteiger partial charge on any atom is 0.0533 e. The van der Waals surface area contributed by atoms with Crippen molar-refractivity contribution in [2.75, 3.05) is 0 Å². The average molecular weight is 295 g/mol. The summed E-state index contributed by atoms with van der Waals surface area (Å²) in [5.74, 6) is 0. The molecule has 0 fully saturated rings. The SMILES string of the molecule is c1ccc(Cn2c3c(c4ccccc42)Cc2ccccc2-3)cc1. The number of aromatic nitrogens is 1. The van der Waals surface area contributed by atoms with Gasteiger partial charge in [0.2, 0.25) is 0 Å². The Balaban J connectivity index is 1.79. The summed E-state index contributed by atoms with van der Waals surface area (Å²) < 4.78 is 2.49. The van der Waals surface area contributed by atoms with Gasteiger partial charge in [0, 0.05) is 29.4 Å². The summed E-state index contributed by atoms with van der Waals surface area (Å²) in [6.45, 7) is 0.922. The monoisotopic (exact) mass is 295 g/mol. The summed E-state index contributed by atoms with van der Waals surface area (Å²) in [6.07, 6.45) is 1.05. The number of hydrogen-bond donors (Lipinski definition) is 0. The van der Waals surface area contributed by atoms with Crippen LogP contribution in [0.5, 0.6) is 0 Å². The quantitative estimate of drug-likeness (QED) is 0.418. The molecule has 0 N–H and O–H groups in total. The van der Waals surface area contributed by atoms with Gasteiger partial charge in [0.05, 0.1) is 5.69 Å². The molecule has 1 nitrogen and oxygen atoms in total. The zero-order chi connectivity index (χ0) is 15.2. The second-order valence-electron chi connectivity index (χ2n) is 6.25. The third-order valence-corrected chi connectivity index (χ3v) is 4.90. The van der Waals surface area contributed by atoms with E-state index in [2.05, 4.69) is 83.4 Å². The number of benzene rings is 3. The van der Waals surface area contributed by atoms with Gasteiger partial charge < -0.3 is 4.57 Å². The van der Waals surface area contributed by atoms with Crippen LogP contribution in [0.2, 0.25) is 0 Å². The minimum absolute atomic E-state index is 0.922. The Labute approximate surface area is 135 Å². The standard InChI is InChI=1S/C22H17N/c1-2-8-16(9-3-1)15-23-21-13-7-6-12-19(21)20-14-17-10-4-5-11-18(17)22(20)23/h1-13H,14-15H2. The first kappa shape index (κ1) is 12.7. The van der Waals surface area contributed by atoms with Crippen LogP contribution in [0.3, 0.4) is 0 Å². The van der Waals surface area contributed by atoms with Crippen LogP contribution in [0.25, 0.3) is 22.2 Å². The van der Waals surface area contributed by atoms with Crippen molar-refractivity contribution in [3.63, 3.8) is 0 Å². The second kappa shape index (κ2) is 4.85. The summed E-state index contributed by atoms with van der Waals surface area (Å²) in [6, 6.07) is 28.4. The molecule has 110 valence electrons. The van der Waals surface area contributed by atoms with Gasteiger partial charge in [0.15, 0.2) is 0 Å². The van der Waals surface area contributed by atoms with Crippen molar-refractivity contribution in [3.05, 3.63) is 95.6 Å². The van der Waals surface area contributed by atoms with Gasteiger partial charge in [-0.1, -0.05) is 72.8 Å². The van der Waals surface area contributed by atoms with Crippen LogP contribution in [-0.4, -0.2) is 4.57 Å². The van der Waals surface area contributed by atoms with Crippen LogP contribution in [0, 0.1) is 0 Å². The molecule has 0 radical (unpaired) electrons. The van der Waals surface area contributed by atoms with Gasteiger partial charge in [-0.15, -0.1) is 0 Å². The molecular weight excluding hydrogens is 278 g/mol. The van der Waals surface area contributed by atoms with Crippen LogP contribution in [0.1, 0.15) is 16.7 Å². The van der Waals surface area contributed by atoms with Crippen LogP contribution in [-0.2, 0) is 13.0 Å². The molecule has 23 heavy (non-hydrogen) atoms. The van der Waals surface area contributed by atoms with Crippen molar-refractivity contribution < 1.29 is 0 Å². The summed E-state index contributed by atoms with van der Waals surface area (Å²) in [7, 11) is 0. The number of para-hydroxylation sites is 1.